The number of hydrogen-bond donors (Lipinski definition) is 1. The van der Waals surface area contributed by atoms with Crippen molar-refractivity contribution < 1.29 is 14.0 Å². The Bertz CT molecular complexity index is 1120. The standard InChI is InChI=1S/C21H16FN3O2S3/c22-14-7-5-13(6-8-14)11-17-20(27)25(21(28)30-17)10-9-18(26)23-12-19-24-15-3-1-2-4-16(15)29-19/h1-8,11H,9-10,12H2,(H,23,26)/b17-11-. The number of carbonyl (C=O) groups is 2. The van der Waals surface area contributed by atoms with Crippen LogP contribution in [0.2, 0.25) is 0 Å². The van der Waals surface area contributed by atoms with Gasteiger partial charge in [-0.2, -0.15) is 0 Å². The van der Waals surface area contributed by atoms with Crippen molar-refractivity contribution in [2.75, 3.05) is 6.54 Å². The number of thioether (sulfide) groups is 1. The molecule has 0 bridgehead atoms. The first kappa shape index (κ1) is 20.6. The molecule has 3 aromatic rings. The number of carbonyl (C=O) groups excluding carboxylic acids is 2. The lowest BCUT2D eigenvalue weighted by molar-refractivity contribution is -0.123. The number of hydrogen-bond acceptors (Lipinski definition) is 6. The number of halogens is 1. The van der Waals surface area contributed by atoms with Gasteiger partial charge in [0.25, 0.3) is 5.91 Å². The molecule has 2 heterocycles. The van der Waals surface area contributed by atoms with Gasteiger partial charge >= 0.3 is 0 Å². The van der Waals surface area contributed by atoms with Crippen molar-refractivity contribution >= 4 is 67.7 Å². The molecule has 1 aliphatic rings. The minimum Gasteiger partial charge on any atom is -0.350 e. The first-order valence-corrected chi connectivity index (χ1v) is 11.2. The molecule has 9 heteroatoms. The highest BCUT2D eigenvalue weighted by molar-refractivity contribution is 8.26. The fourth-order valence-electron chi connectivity index (χ4n) is 2.87. The molecule has 0 aliphatic carbocycles. The second-order valence-electron chi connectivity index (χ2n) is 6.49. The van der Waals surface area contributed by atoms with Gasteiger partial charge in [0.2, 0.25) is 5.91 Å². The number of benzene rings is 2. The molecule has 30 heavy (non-hydrogen) atoms. The molecule has 4 rings (SSSR count). The average molecular weight is 458 g/mol. The Balaban J connectivity index is 1.31. The number of para-hydroxylation sites is 1. The van der Waals surface area contributed by atoms with Crippen LogP contribution in [-0.4, -0.2) is 32.6 Å². The van der Waals surface area contributed by atoms with E-state index in [9.17, 15) is 14.0 Å². The van der Waals surface area contributed by atoms with Gasteiger partial charge in [0.15, 0.2) is 0 Å². The molecule has 0 unspecified atom stereocenters. The second-order valence-corrected chi connectivity index (χ2v) is 9.28. The molecule has 2 amide bonds. The summed E-state index contributed by atoms with van der Waals surface area (Å²) in [5.41, 5.74) is 1.63. The van der Waals surface area contributed by atoms with Crippen molar-refractivity contribution in [2.45, 2.75) is 13.0 Å². The summed E-state index contributed by atoms with van der Waals surface area (Å²) in [6, 6.07) is 13.7. The molecular formula is C21H16FN3O2S3. The van der Waals surface area contributed by atoms with E-state index < -0.39 is 0 Å². The number of thiocarbonyl (C=S) groups is 1. The molecule has 152 valence electrons. The first-order chi connectivity index (χ1) is 14.5. The number of aromatic nitrogens is 1. The minimum absolute atomic E-state index is 0.140. The van der Waals surface area contributed by atoms with E-state index in [2.05, 4.69) is 10.3 Å². The molecule has 1 aliphatic heterocycles. The smallest absolute Gasteiger partial charge is 0.266 e. The van der Waals surface area contributed by atoms with Crippen LogP contribution in [0.5, 0.6) is 0 Å². The van der Waals surface area contributed by atoms with Crippen LogP contribution in [0.1, 0.15) is 17.0 Å². The summed E-state index contributed by atoms with van der Waals surface area (Å²) in [5.74, 6) is -0.754. The Morgan fingerprint density at radius 1 is 1.20 bits per heavy atom. The van der Waals surface area contributed by atoms with Crippen LogP contribution < -0.4 is 5.32 Å². The van der Waals surface area contributed by atoms with Gasteiger partial charge < -0.3 is 5.32 Å². The van der Waals surface area contributed by atoms with E-state index in [0.29, 0.717) is 21.3 Å². The van der Waals surface area contributed by atoms with E-state index in [0.717, 1.165) is 15.2 Å². The van der Waals surface area contributed by atoms with Crippen molar-refractivity contribution in [3.8, 4) is 0 Å². The third-order valence-corrected chi connectivity index (χ3v) is 6.79. The Labute approximate surface area is 186 Å². The monoisotopic (exact) mass is 457 g/mol. The van der Waals surface area contributed by atoms with Crippen LogP contribution in [0, 0.1) is 5.82 Å². The van der Waals surface area contributed by atoms with Crippen LogP contribution in [0.15, 0.2) is 53.4 Å². The summed E-state index contributed by atoms with van der Waals surface area (Å²) >= 11 is 8.01. The van der Waals surface area contributed by atoms with Gasteiger partial charge in [0.05, 0.1) is 21.7 Å². The number of thiazole rings is 1. The highest BCUT2D eigenvalue weighted by Crippen LogP contribution is 2.32. The van der Waals surface area contributed by atoms with E-state index in [4.69, 9.17) is 12.2 Å². The fourth-order valence-corrected chi connectivity index (χ4v) is 5.09. The van der Waals surface area contributed by atoms with Gasteiger partial charge in [-0.15, -0.1) is 11.3 Å². The molecule has 0 radical (unpaired) electrons. The largest absolute Gasteiger partial charge is 0.350 e. The summed E-state index contributed by atoms with van der Waals surface area (Å²) < 4.78 is 14.5. The lowest BCUT2D eigenvalue weighted by Gasteiger charge is -2.13. The highest BCUT2D eigenvalue weighted by atomic mass is 32.2. The average Bonchev–Trinajstić information content (AvgIpc) is 3.27. The van der Waals surface area contributed by atoms with E-state index in [1.165, 1.54) is 28.8 Å². The Hall–Kier alpha value is -2.62. The Kier molecular flexibility index (Phi) is 6.21. The van der Waals surface area contributed by atoms with Crippen LogP contribution in [0.3, 0.4) is 0 Å². The third kappa shape index (κ3) is 4.75. The van der Waals surface area contributed by atoms with Gasteiger partial charge in [0, 0.05) is 13.0 Å². The molecule has 1 N–H and O–H groups in total. The van der Waals surface area contributed by atoms with Crippen LogP contribution in [-0.2, 0) is 16.1 Å². The molecular weight excluding hydrogens is 441 g/mol. The Morgan fingerprint density at radius 3 is 2.73 bits per heavy atom. The van der Waals surface area contributed by atoms with E-state index in [1.54, 1.807) is 29.5 Å². The van der Waals surface area contributed by atoms with Crippen molar-refractivity contribution in [1.82, 2.24) is 15.2 Å². The summed E-state index contributed by atoms with van der Waals surface area (Å²) in [5, 5.41) is 3.67. The zero-order valence-electron chi connectivity index (χ0n) is 15.6. The Morgan fingerprint density at radius 2 is 1.97 bits per heavy atom. The van der Waals surface area contributed by atoms with Crippen LogP contribution in [0.25, 0.3) is 16.3 Å². The zero-order valence-corrected chi connectivity index (χ0v) is 18.1. The molecule has 1 saturated heterocycles. The van der Waals surface area contributed by atoms with Crippen LogP contribution >= 0.6 is 35.3 Å². The lowest BCUT2D eigenvalue weighted by Crippen LogP contribution is -2.33. The highest BCUT2D eigenvalue weighted by Gasteiger charge is 2.32. The molecule has 1 fully saturated rings. The maximum Gasteiger partial charge on any atom is 0.266 e. The number of rotatable bonds is 6. The molecule has 0 saturated carbocycles. The van der Waals surface area contributed by atoms with Gasteiger partial charge in [-0.25, -0.2) is 9.37 Å². The first-order valence-electron chi connectivity index (χ1n) is 9.12. The SMILES string of the molecule is O=C(CCN1C(=O)/C(=C/c2ccc(F)cc2)SC1=S)NCc1nc2ccccc2s1. The lowest BCUT2D eigenvalue weighted by atomic mass is 10.2. The number of nitrogens with one attached hydrogen (secondary N) is 1. The topological polar surface area (TPSA) is 62.3 Å². The molecule has 0 atom stereocenters. The van der Waals surface area contributed by atoms with Crippen molar-refractivity contribution in [3.05, 3.63) is 69.8 Å². The van der Waals surface area contributed by atoms with Gasteiger partial charge in [0.1, 0.15) is 15.1 Å². The summed E-state index contributed by atoms with van der Waals surface area (Å²) in [7, 11) is 0. The second kappa shape index (κ2) is 9.03. The van der Waals surface area contributed by atoms with Crippen molar-refractivity contribution in [3.63, 3.8) is 0 Å². The van der Waals surface area contributed by atoms with Crippen LogP contribution in [0.4, 0.5) is 4.39 Å². The summed E-state index contributed by atoms with van der Waals surface area (Å²) in [6.45, 7) is 0.554. The molecule has 2 aromatic carbocycles. The minimum atomic E-state index is -0.337. The summed E-state index contributed by atoms with van der Waals surface area (Å²) in [6.07, 6.45) is 1.81. The third-order valence-electron chi connectivity index (χ3n) is 4.38. The predicted molar refractivity (Wildman–Crippen MR) is 122 cm³/mol. The molecule has 5 nitrogen and oxygen atoms in total. The van der Waals surface area contributed by atoms with E-state index in [-0.39, 0.29) is 30.6 Å². The predicted octanol–water partition coefficient (Wildman–Crippen LogP) is 4.34. The molecule has 1 aromatic heterocycles. The maximum atomic E-state index is 13.0. The zero-order chi connectivity index (χ0) is 21.1. The van der Waals surface area contributed by atoms with Gasteiger partial charge in [-0.1, -0.05) is 48.2 Å². The van der Waals surface area contributed by atoms with Gasteiger partial charge in [-0.3, -0.25) is 14.5 Å². The quantitative estimate of drug-likeness (QED) is 0.441. The number of nitrogens with zero attached hydrogens (tertiary/aromatic N) is 2. The van der Waals surface area contributed by atoms with Crippen molar-refractivity contribution in [1.29, 1.82) is 0 Å². The summed E-state index contributed by atoms with van der Waals surface area (Å²) in [4.78, 5) is 31.2. The van der Waals surface area contributed by atoms with E-state index >= 15 is 0 Å². The number of amides is 2. The van der Waals surface area contributed by atoms with E-state index in [1.807, 2.05) is 24.3 Å². The molecule has 0 spiro atoms. The maximum absolute atomic E-state index is 13.0. The van der Waals surface area contributed by atoms with Crippen molar-refractivity contribution in [2.24, 2.45) is 0 Å². The fraction of sp³-hybridized carbons (Fsp3) is 0.143. The normalized spacial score (nSPS) is 15.4. The number of fused-ring (bicyclic) bond motifs is 1. The van der Waals surface area contributed by atoms with Gasteiger partial charge in [-0.05, 0) is 35.9 Å².